The predicted molar refractivity (Wildman–Crippen MR) is 136 cm³/mol. The number of hydrogen-bond donors (Lipinski definition) is 2. The number of carbonyl (C=O) groups is 2. The topological polar surface area (TPSA) is 58.2 Å². The maximum absolute atomic E-state index is 13.9. The predicted octanol–water partition coefficient (Wildman–Crippen LogP) is 7.16. The van der Waals surface area contributed by atoms with Gasteiger partial charge in [-0.1, -0.05) is 17.7 Å². The van der Waals surface area contributed by atoms with Crippen LogP contribution < -0.4 is 10.6 Å². The SMILES string of the molecule is O=C(Nc1ccc(F)cc1F)C1CC(NC(=O)C2C(c3ccc(Br)c(Br)c3)C2(Cl)Cl)=CC=C1Cl. The zero-order chi connectivity index (χ0) is 24.8. The van der Waals surface area contributed by atoms with Gasteiger partial charge in [-0.05, 0) is 73.8 Å². The van der Waals surface area contributed by atoms with Gasteiger partial charge in [-0.25, -0.2) is 8.78 Å². The maximum Gasteiger partial charge on any atom is 0.233 e. The molecule has 0 saturated heterocycles. The van der Waals surface area contributed by atoms with Gasteiger partial charge in [0, 0.05) is 38.1 Å². The largest absolute Gasteiger partial charge is 0.329 e. The summed E-state index contributed by atoms with van der Waals surface area (Å²) in [6.07, 6.45) is 3.13. The molecule has 4 rings (SSSR count). The molecule has 2 amide bonds. The fourth-order valence-electron chi connectivity index (χ4n) is 3.81. The highest BCUT2D eigenvalue weighted by Gasteiger charge is 2.67. The number of halogens is 7. The van der Waals surface area contributed by atoms with Gasteiger partial charge in [0.2, 0.25) is 11.8 Å². The molecule has 0 heterocycles. The Morgan fingerprint density at radius 1 is 0.971 bits per heavy atom. The molecule has 0 aromatic heterocycles. The number of amides is 2. The van der Waals surface area contributed by atoms with E-state index in [0.29, 0.717) is 11.8 Å². The normalized spacial score (nSPS) is 23.0. The van der Waals surface area contributed by atoms with Crippen LogP contribution in [0.1, 0.15) is 17.9 Å². The molecule has 11 heteroatoms. The molecular weight excluding hydrogens is 640 g/mol. The molecule has 2 aromatic rings. The van der Waals surface area contributed by atoms with Crippen LogP contribution in [-0.2, 0) is 9.59 Å². The Hall–Kier alpha value is -1.45. The van der Waals surface area contributed by atoms with Crippen molar-refractivity contribution < 1.29 is 18.4 Å². The van der Waals surface area contributed by atoms with Gasteiger partial charge >= 0.3 is 0 Å². The van der Waals surface area contributed by atoms with Crippen molar-refractivity contribution in [1.82, 2.24) is 5.32 Å². The number of carbonyl (C=O) groups excluding carboxylic acids is 2. The molecule has 2 aliphatic carbocycles. The standard InChI is InChI=1S/C23H15Br2Cl3F2N2O2/c24-14-4-1-10(7-15(14)25)19-20(23(19,27)28)22(34)31-12-3-5-16(26)13(9-12)21(33)32-18-6-2-11(29)8-17(18)30/h1-8,13,19-20H,9H2,(H,31,34)(H,32,33). The van der Waals surface area contributed by atoms with Crippen LogP contribution in [0.2, 0.25) is 0 Å². The lowest BCUT2D eigenvalue weighted by Crippen LogP contribution is -2.32. The molecule has 178 valence electrons. The Bertz CT molecular complexity index is 1250. The van der Waals surface area contributed by atoms with Gasteiger partial charge in [0.1, 0.15) is 16.0 Å². The Morgan fingerprint density at radius 2 is 1.71 bits per heavy atom. The van der Waals surface area contributed by atoms with Gasteiger partial charge < -0.3 is 10.6 Å². The number of nitrogens with one attached hydrogen (secondary N) is 2. The summed E-state index contributed by atoms with van der Waals surface area (Å²) in [5.74, 6) is -4.65. The van der Waals surface area contributed by atoms with Crippen molar-refractivity contribution in [2.24, 2.45) is 11.8 Å². The van der Waals surface area contributed by atoms with Crippen molar-refractivity contribution in [2.75, 3.05) is 5.32 Å². The monoisotopic (exact) mass is 652 g/mol. The molecule has 4 nitrogen and oxygen atoms in total. The average molecular weight is 656 g/mol. The Balaban J connectivity index is 1.43. The highest BCUT2D eigenvalue weighted by atomic mass is 79.9. The van der Waals surface area contributed by atoms with Crippen molar-refractivity contribution in [3.8, 4) is 0 Å². The van der Waals surface area contributed by atoms with E-state index in [1.165, 1.54) is 6.08 Å². The van der Waals surface area contributed by atoms with Crippen LogP contribution in [0.4, 0.5) is 14.5 Å². The Kier molecular flexibility index (Phi) is 7.46. The van der Waals surface area contributed by atoms with Gasteiger partial charge in [0.15, 0.2) is 0 Å². The van der Waals surface area contributed by atoms with Crippen molar-refractivity contribution in [2.45, 2.75) is 16.7 Å². The highest BCUT2D eigenvalue weighted by molar-refractivity contribution is 9.13. The molecule has 0 aliphatic heterocycles. The third kappa shape index (κ3) is 5.21. The number of rotatable bonds is 5. The van der Waals surface area contributed by atoms with Crippen LogP contribution in [-0.4, -0.2) is 16.1 Å². The fraction of sp³-hybridized carbons (Fsp3) is 0.217. The number of alkyl halides is 2. The second-order valence-electron chi connectivity index (χ2n) is 7.91. The first-order valence-electron chi connectivity index (χ1n) is 9.95. The minimum atomic E-state index is -1.28. The molecule has 2 aromatic carbocycles. The van der Waals surface area contributed by atoms with Crippen LogP contribution in [0.5, 0.6) is 0 Å². The second-order valence-corrected chi connectivity index (χ2v) is 11.5. The molecule has 1 saturated carbocycles. The molecule has 3 unspecified atom stereocenters. The minimum absolute atomic E-state index is 0.0640. The first kappa shape index (κ1) is 25.6. The molecular formula is C23H15Br2Cl3F2N2O2. The van der Waals surface area contributed by atoms with E-state index in [9.17, 15) is 18.4 Å². The van der Waals surface area contributed by atoms with E-state index in [2.05, 4.69) is 42.5 Å². The quantitative estimate of drug-likeness (QED) is 0.336. The maximum atomic E-state index is 13.9. The minimum Gasteiger partial charge on any atom is -0.329 e. The van der Waals surface area contributed by atoms with E-state index >= 15 is 0 Å². The number of benzene rings is 2. The fourth-order valence-corrected chi connectivity index (χ4v) is 5.52. The van der Waals surface area contributed by atoms with E-state index in [1.807, 2.05) is 18.2 Å². The van der Waals surface area contributed by atoms with E-state index < -0.39 is 45.5 Å². The van der Waals surface area contributed by atoms with E-state index in [-0.39, 0.29) is 17.1 Å². The lowest BCUT2D eigenvalue weighted by atomic mass is 9.96. The second kappa shape index (κ2) is 9.90. The first-order valence-corrected chi connectivity index (χ1v) is 12.7. The van der Waals surface area contributed by atoms with Crippen molar-refractivity contribution in [1.29, 1.82) is 0 Å². The van der Waals surface area contributed by atoms with E-state index in [1.54, 1.807) is 6.08 Å². The smallest absolute Gasteiger partial charge is 0.233 e. The molecule has 0 radical (unpaired) electrons. The average Bonchev–Trinajstić information content (AvgIpc) is 3.35. The molecule has 1 fully saturated rings. The zero-order valence-corrected chi connectivity index (χ0v) is 22.5. The van der Waals surface area contributed by atoms with Crippen molar-refractivity contribution in [3.05, 3.63) is 85.4 Å². The summed E-state index contributed by atoms with van der Waals surface area (Å²) in [4.78, 5) is 25.7. The van der Waals surface area contributed by atoms with E-state index in [4.69, 9.17) is 34.8 Å². The summed E-state index contributed by atoms with van der Waals surface area (Å²) in [6.45, 7) is 0. The van der Waals surface area contributed by atoms with Gasteiger partial charge in [-0.15, -0.1) is 23.2 Å². The summed E-state index contributed by atoms with van der Waals surface area (Å²) in [7, 11) is 0. The lowest BCUT2D eigenvalue weighted by Gasteiger charge is -2.22. The van der Waals surface area contributed by atoms with Gasteiger partial charge in [-0.3, -0.25) is 9.59 Å². The van der Waals surface area contributed by atoms with Gasteiger partial charge in [-0.2, -0.15) is 0 Å². The lowest BCUT2D eigenvalue weighted by molar-refractivity contribution is -0.122. The van der Waals surface area contributed by atoms with Crippen LogP contribution in [0, 0.1) is 23.5 Å². The summed E-state index contributed by atoms with van der Waals surface area (Å²) in [5, 5.41) is 5.39. The van der Waals surface area contributed by atoms with Crippen LogP contribution in [0.25, 0.3) is 0 Å². The summed E-state index contributed by atoms with van der Waals surface area (Å²) in [5.41, 5.74) is 1.06. The third-order valence-electron chi connectivity index (χ3n) is 5.63. The van der Waals surface area contributed by atoms with Crippen LogP contribution in [0.15, 0.2) is 68.2 Å². The van der Waals surface area contributed by atoms with Crippen molar-refractivity contribution >= 4 is 84.2 Å². The number of hydrogen-bond acceptors (Lipinski definition) is 2. The van der Waals surface area contributed by atoms with Gasteiger partial charge in [0.25, 0.3) is 0 Å². The summed E-state index contributed by atoms with van der Waals surface area (Å²) < 4.78 is 27.4. The van der Waals surface area contributed by atoms with Crippen LogP contribution in [0.3, 0.4) is 0 Å². The van der Waals surface area contributed by atoms with Gasteiger partial charge in [0.05, 0.1) is 17.5 Å². The first-order chi connectivity index (χ1) is 16.0. The molecule has 3 atom stereocenters. The number of allylic oxidation sites excluding steroid dienone is 3. The number of anilines is 1. The molecule has 2 N–H and O–H groups in total. The van der Waals surface area contributed by atoms with Crippen molar-refractivity contribution in [3.63, 3.8) is 0 Å². The Morgan fingerprint density at radius 3 is 2.38 bits per heavy atom. The summed E-state index contributed by atoms with van der Waals surface area (Å²) in [6, 6.07) is 8.34. The van der Waals surface area contributed by atoms with Crippen LogP contribution >= 0.6 is 66.7 Å². The molecule has 0 bridgehead atoms. The Labute approximate surface area is 226 Å². The van der Waals surface area contributed by atoms with E-state index in [0.717, 1.165) is 26.6 Å². The summed E-state index contributed by atoms with van der Waals surface area (Å²) >= 11 is 25.9. The molecule has 2 aliphatic rings. The third-order valence-corrected chi connectivity index (χ3v) is 8.84. The molecule has 34 heavy (non-hydrogen) atoms. The zero-order valence-electron chi connectivity index (χ0n) is 17.0. The molecule has 0 spiro atoms. The highest BCUT2D eigenvalue weighted by Crippen LogP contribution is 2.65.